The second-order valence-electron chi connectivity index (χ2n) is 2.52. The zero-order valence-corrected chi connectivity index (χ0v) is 8.27. The summed E-state index contributed by atoms with van der Waals surface area (Å²) in [4.78, 5) is 0. The van der Waals surface area contributed by atoms with Gasteiger partial charge in [-0.1, -0.05) is 18.2 Å². The van der Waals surface area contributed by atoms with Crippen LogP contribution in [-0.2, 0) is 0 Å². The second kappa shape index (κ2) is 3.32. The molecule has 1 heterocycles. The average Bonchev–Trinajstić information content (AvgIpc) is 2.47. The molecule has 4 heteroatoms. The molecule has 1 aromatic carbocycles. The zero-order valence-electron chi connectivity index (χ0n) is 6.64. The molecule has 2 aromatic rings. The lowest BCUT2D eigenvalue weighted by atomic mass is 10.3. The van der Waals surface area contributed by atoms with Crippen LogP contribution >= 0.6 is 23.6 Å². The molecule has 13 heavy (non-hydrogen) atoms. The largest absolute Gasteiger partial charge is 0.864 e. The van der Waals surface area contributed by atoms with Gasteiger partial charge in [-0.15, -0.1) is 11.3 Å². The van der Waals surface area contributed by atoms with Crippen LogP contribution in [0.15, 0.2) is 36.5 Å². The molecule has 0 N–H and O–H groups in total. The Kier molecular flexibility index (Phi) is 2.16. The van der Waals surface area contributed by atoms with Crippen molar-refractivity contribution in [1.82, 2.24) is 4.57 Å². The Balaban J connectivity index is 2.59. The number of nitrogens with zero attached hydrogens (tertiary/aromatic N) is 1. The lowest BCUT2D eigenvalue weighted by Gasteiger charge is -2.01. The van der Waals surface area contributed by atoms with Gasteiger partial charge in [-0.3, -0.25) is 4.57 Å². The van der Waals surface area contributed by atoms with Crippen molar-refractivity contribution in [1.29, 1.82) is 0 Å². The summed E-state index contributed by atoms with van der Waals surface area (Å²) < 4.78 is 2.32. The summed E-state index contributed by atoms with van der Waals surface area (Å²) in [5.41, 5.74) is 0.936. The number of hydrogen-bond donors (Lipinski definition) is 0. The van der Waals surface area contributed by atoms with E-state index >= 15 is 0 Å². The molecule has 0 aliphatic heterocycles. The molecule has 0 atom stereocenters. The van der Waals surface area contributed by atoms with Gasteiger partial charge in [0.1, 0.15) is 0 Å². The summed E-state index contributed by atoms with van der Waals surface area (Å²) in [5, 5.41) is 11.0. The topological polar surface area (TPSA) is 28.0 Å². The maximum Gasteiger partial charge on any atom is 0.165 e. The molecule has 0 aliphatic rings. The van der Waals surface area contributed by atoms with Gasteiger partial charge in [0.2, 0.25) is 0 Å². The predicted octanol–water partition coefficient (Wildman–Crippen LogP) is 2.34. The van der Waals surface area contributed by atoms with E-state index in [-0.39, 0.29) is 5.06 Å². The molecule has 2 nitrogen and oxygen atoms in total. The van der Waals surface area contributed by atoms with E-state index in [0.29, 0.717) is 3.95 Å². The number of rotatable bonds is 1. The van der Waals surface area contributed by atoms with Gasteiger partial charge >= 0.3 is 0 Å². The van der Waals surface area contributed by atoms with Gasteiger partial charge in [-0.2, -0.15) is 0 Å². The van der Waals surface area contributed by atoms with Crippen molar-refractivity contribution in [3.63, 3.8) is 0 Å². The molecular weight excluding hydrogens is 202 g/mol. The minimum absolute atomic E-state index is 0.00569. The molecule has 0 spiro atoms. The maximum atomic E-state index is 11.0. The molecule has 0 aliphatic carbocycles. The van der Waals surface area contributed by atoms with Crippen LogP contribution in [0.1, 0.15) is 0 Å². The van der Waals surface area contributed by atoms with Gasteiger partial charge in [0.25, 0.3) is 0 Å². The lowest BCUT2D eigenvalue weighted by molar-refractivity contribution is -0.262. The van der Waals surface area contributed by atoms with E-state index in [1.54, 1.807) is 4.57 Å². The number of para-hydroxylation sites is 1. The van der Waals surface area contributed by atoms with Crippen LogP contribution in [0, 0.1) is 3.95 Å². The molecule has 0 bridgehead atoms. The first-order valence-corrected chi connectivity index (χ1v) is 4.95. The van der Waals surface area contributed by atoms with Gasteiger partial charge in [-0.25, -0.2) is 0 Å². The normalized spacial score (nSPS) is 10.2. The first kappa shape index (κ1) is 8.47. The van der Waals surface area contributed by atoms with Crippen molar-refractivity contribution >= 4 is 23.6 Å². The Labute approximate surface area is 84.7 Å². The van der Waals surface area contributed by atoms with E-state index < -0.39 is 0 Å². The Bertz CT molecular complexity index is 458. The molecule has 0 saturated heterocycles. The number of benzene rings is 1. The minimum Gasteiger partial charge on any atom is -0.864 e. The molecule has 0 amide bonds. The highest BCUT2D eigenvalue weighted by molar-refractivity contribution is 7.73. The minimum atomic E-state index is -0.00569. The van der Waals surface area contributed by atoms with Crippen molar-refractivity contribution < 1.29 is 5.11 Å². The van der Waals surface area contributed by atoms with Crippen molar-refractivity contribution in [3.8, 4) is 10.8 Å². The molecule has 1 aromatic heterocycles. The van der Waals surface area contributed by atoms with Gasteiger partial charge < -0.3 is 5.11 Å². The summed E-state index contributed by atoms with van der Waals surface area (Å²) in [7, 11) is 0. The van der Waals surface area contributed by atoms with E-state index in [4.69, 9.17) is 12.2 Å². The van der Waals surface area contributed by atoms with E-state index in [2.05, 4.69) is 0 Å². The van der Waals surface area contributed by atoms with Gasteiger partial charge in [-0.05, 0) is 29.4 Å². The van der Waals surface area contributed by atoms with Crippen LogP contribution in [0.2, 0.25) is 0 Å². The smallest absolute Gasteiger partial charge is 0.165 e. The number of hydrogen-bond acceptors (Lipinski definition) is 3. The van der Waals surface area contributed by atoms with E-state index in [1.807, 2.05) is 30.3 Å². The summed E-state index contributed by atoms with van der Waals surface area (Å²) in [6.07, 6.45) is 1.52. The van der Waals surface area contributed by atoms with Gasteiger partial charge in [0, 0.05) is 11.9 Å². The summed E-state index contributed by atoms with van der Waals surface area (Å²) in [5.74, 6) is 0. The first-order valence-electron chi connectivity index (χ1n) is 3.72. The SMILES string of the molecule is [O-]c1cn(-c2ccccc2)c(=S)s1. The van der Waals surface area contributed by atoms with Gasteiger partial charge in [0.05, 0.1) is 0 Å². The van der Waals surface area contributed by atoms with Crippen LogP contribution in [0.5, 0.6) is 5.06 Å². The van der Waals surface area contributed by atoms with Crippen molar-refractivity contribution in [2.24, 2.45) is 0 Å². The highest BCUT2D eigenvalue weighted by Gasteiger charge is 1.96. The van der Waals surface area contributed by atoms with E-state index in [9.17, 15) is 5.11 Å². The lowest BCUT2D eigenvalue weighted by Crippen LogP contribution is -1.91. The van der Waals surface area contributed by atoms with Crippen molar-refractivity contribution in [2.75, 3.05) is 0 Å². The Morgan fingerprint density at radius 1 is 1.23 bits per heavy atom. The maximum absolute atomic E-state index is 11.0. The second-order valence-corrected chi connectivity index (χ2v) is 4.16. The fourth-order valence-electron chi connectivity index (χ4n) is 1.09. The zero-order chi connectivity index (χ0) is 9.26. The van der Waals surface area contributed by atoms with Crippen LogP contribution in [-0.4, -0.2) is 4.57 Å². The third-order valence-corrected chi connectivity index (χ3v) is 2.78. The third-order valence-electron chi connectivity index (χ3n) is 1.65. The van der Waals surface area contributed by atoms with Crippen LogP contribution < -0.4 is 5.11 Å². The standard InChI is InChI=1S/C9H7NOS2/c11-8-6-10(9(12)13-8)7-4-2-1-3-5-7/h1-6,11H/p-1. The average molecular weight is 208 g/mol. The Hall–Kier alpha value is -1.13. The van der Waals surface area contributed by atoms with Crippen LogP contribution in [0.3, 0.4) is 0 Å². The summed E-state index contributed by atoms with van der Waals surface area (Å²) >= 11 is 6.12. The van der Waals surface area contributed by atoms with Crippen LogP contribution in [0.25, 0.3) is 5.69 Å². The molecule has 2 rings (SSSR count). The van der Waals surface area contributed by atoms with E-state index in [1.165, 1.54) is 6.20 Å². The molecular formula is C9H6NOS2-. The molecule has 66 valence electrons. The fourth-order valence-corrected chi connectivity index (χ4v) is 2.08. The predicted molar refractivity (Wildman–Crippen MR) is 53.9 cm³/mol. The number of thiazole rings is 1. The number of aromatic nitrogens is 1. The Morgan fingerprint density at radius 2 is 1.92 bits per heavy atom. The molecule has 0 fully saturated rings. The third kappa shape index (κ3) is 1.64. The van der Waals surface area contributed by atoms with E-state index in [0.717, 1.165) is 17.0 Å². The fraction of sp³-hybridized carbons (Fsp3) is 0. The highest BCUT2D eigenvalue weighted by atomic mass is 32.1. The summed E-state index contributed by atoms with van der Waals surface area (Å²) in [6.45, 7) is 0. The van der Waals surface area contributed by atoms with Crippen molar-refractivity contribution in [2.45, 2.75) is 0 Å². The Morgan fingerprint density at radius 3 is 2.46 bits per heavy atom. The summed E-state index contributed by atoms with van der Waals surface area (Å²) in [6, 6.07) is 9.60. The molecule has 0 unspecified atom stereocenters. The molecule has 0 radical (unpaired) electrons. The highest BCUT2D eigenvalue weighted by Crippen LogP contribution is 2.20. The van der Waals surface area contributed by atoms with Crippen LogP contribution in [0.4, 0.5) is 0 Å². The van der Waals surface area contributed by atoms with Gasteiger partial charge in [0.15, 0.2) is 3.95 Å². The van der Waals surface area contributed by atoms with Crippen molar-refractivity contribution in [3.05, 3.63) is 40.5 Å². The quantitative estimate of drug-likeness (QED) is 0.673. The molecule has 0 saturated carbocycles. The first-order chi connectivity index (χ1) is 6.27. The monoisotopic (exact) mass is 208 g/mol.